The highest BCUT2D eigenvalue weighted by atomic mass is 32.2. The summed E-state index contributed by atoms with van der Waals surface area (Å²) in [6.45, 7) is 1.82. The Balaban J connectivity index is 2.66. The van der Waals surface area contributed by atoms with E-state index in [4.69, 9.17) is 5.11 Å². The molecular formula is C6H7NO2S. The first-order valence-electron chi connectivity index (χ1n) is 2.73. The monoisotopic (exact) mass is 157 g/mol. The Bertz CT molecular complexity index is 220. The first-order valence-corrected chi connectivity index (χ1v) is 3.67. The lowest BCUT2D eigenvalue weighted by Gasteiger charge is -2.09. The van der Waals surface area contributed by atoms with Crippen LogP contribution in [0.3, 0.4) is 0 Å². The van der Waals surface area contributed by atoms with Crippen molar-refractivity contribution >= 4 is 17.7 Å². The summed E-state index contributed by atoms with van der Waals surface area (Å²) in [5.74, 6) is -0.917. The molecule has 3 nitrogen and oxygen atoms in total. The first-order chi connectivity index (χ1) is 4.70. The third kappa shape index (κ3) is 1.54. The Morgan fingerprint density at radius 2 is 2.40 bits per heavy atom. The maximum absolute atomic E-state index is 10.3. The second-order valence-electron chi connectivity index (χ2n) is 1.90. The van der Waals surface area contributed by atoms with Gasteiger partial charge in [-0.3, -0.25) is 0 Å². The Morgan fingerprint density at radius 1 is 1.70 bits per heavy atom. The molecule has 0 atom stereocenters. The van der Waals surface area contributed by atoms with Crippen molar-refractivity contribution in [3.8, 4) is 0 Å². The molecule has 1 rings (SSSR count). The molecule has 0 radical (unpaired) electrons. The van der Waals surface area contributed by atoms with Crippen LogP contribution in [0.2, 0.25) is 0 Å². The van der Waals surface area contributed by atoms with E-state index < -0.39 is 5.97 Å². The molecule has 0 fully saturated rings. The van der Waals surface area contributed by atoms with Crippen molar-refractivity contribution in [3.05, 3.63) is 22.2 Å². The number of carboxylic acid groups (broad SMARTS) is 1. The zero-order valence-electron chi connectivity index (χ0n) is 5.42. The predicted octanol–water partition coefficient (Wildman–Crippen LogP) is 1.11. The summed E-state index contributed by atoms with van der Waals surface area (Å²) in [5, 5.41) is 14.6. The van der Waals surface area contributed by atoms with Gasteiger partial charge in [0.2, 0.25) is 0 Å². The maximum atomic E-state index is 10.3. The number of allylic oxidation sites excluding steroid dienone is 1. The number of aliphatic carboxylic acids is 1. The Kier molecular flexibility index (Phi) is 2.01. The maximum Gasteiger partial charge on any atom is 0.352 e. The molecule has 0 saturated heterocycles. The van der Waals surface area contributed by atoms with E-state index in [0.717, 1.165) is 5.70 Å². The summed E-state index contributed by atoms with van der Waals surface area (Å²) in [5.41, 5.74) is 1.11. The fraction of sp³-hybridized carbons (Fsp3) is 0.167. The molecule has 0 aromatic heterocycles. The summed E-state index contributed by atoms with van der Waals surface area (Å²) in [7, 11) is 0. The topological polar surface area (TPSA) is 49.3 Å². The van der Waals surface area contributed by atoms with Crippen LogP contribution in [-0.2, 0) is 4.79 Å². The highest BCUT2D eigenvalue weighted by Crippen LogP contribution is 2.15. The van der Waals surface area contributed by atoms with Crippen molar-refractivity contribution in [1.82, 2.24) is 5.32 Å². The number of hydrogen-bond donors (Lipinski definition) is 2. The van der Waals surface area contributed by atoms with Crippen LogP contribution in [0.5, 0.6) is 0 Å². The molecule has 0 spiro atoms. The lowest BCUT2D eigenvalue weighted by Crippen LogP contribution is -2.19. The van der Waals surface area contributed by atoms with Crippen LogP contribution in [0, 0.1) is 0 Å². The van der Waals surface area contributed by atoms with Gasteiger partial charge >= 0.3 is 5.97 Å². The van der Waals surface area contributed by atoms with Crippen molar-refractivity contribution in [2.24, 2.45) is 0 Å². The van der Waals surface area contributed by atoms with E-state index in [-0.39, 0.29) is 5.70 Å². The van der Waals surface area contributed by atoms with Crippen molar-refractivity contribution in [3.63, 3.8) is 0 Å². The van der Waals surface area contributed by atoms with E-state index >= 15 is 0 Å². The minimum atomic E-state index is -0.917. The highest BCUT2D eigenvalue weighted by Gasteiger charge is 2.08. The number of rotatable bonds is 1. The number of nitrogens with one attached hydrogen (secondary N) is 1. The Labute approximate surface area is 62.8 Å². The van der Waals surface area contributed by atoms with E-state index in [1.54, 1.807) is 5.41 Å². The summed E-state index contributed by atoms with van der Waals surface area (Å²) in [6, 6.07) is 0. The van der Waals surface area contributed by atoms with Gasteiger partial charge < -0.3 is 10.4 Å². The normalized spacial score (nSPS) is 16.9. The molecule has 0 unspecified atom stereocenters. The van der Waals surface area contributed by atoms with Gasteiger partial charge in [0.05, 0.1) is 0 Å². The van der Waals surface area contributed by atoms with Crippen LogP contribution in [0.4, 0.5) is 0 Å². The average molecular weight is 157 g/mol. The van der Waals surface area contributed by atoms with Gasteiger partial charge in [-0.1, -0.05) is 0 Å². The molecule has 54 valence electrons. The molecule has 0 saturated carbocycles. The van der Waals surface area contributed by atoms with Crippen molar-refractivity contribution in [2.75, 3.05) is 0 Å². The molecule has 0 aromatic carbocycles. The average Bonchev–Trinajstić information content (AvgIpc) is 1.88. The molecule has 1 aliphatic heterocycles. The highest BCUT2D eigenvalue weighted by molar-refractivity contribution is 8.05. The second kappa shape index (κ2) is 2.79. The quantitative estimate of drug-likeness (QED) is 0.598. The van der Waals surface area contributed by atoms with Crippen LogP contribution in [0.15, 0.2) is 22.2 Å². The molecule has 0 aliphatic carbocycles. The zero-order valence-corrected chi connectivity index (χ0v) is 6.23. The SMILES string of the molecule is CC1=CSC=C(C(=O)O)N1. The minimum absolute atomic E-state index is 0.241. The van der Waals surface area contributed by atoms with Gasteiger partial charge in [-0.2, -0.15) is 0 Å². The Morgan fingerprint density at radius 3 is 2.80 bits per heavy atom. The zero-order chi connectivity index (χ0) is 7.56. The van der Waals surface area contributed by atoms with E-state index in [0.29, 0.717) is 0 Å². The van der Waals surface area contributed by atoms with Gasteiger partial charge in [0.15, 0.2) is 0 Å². The lowest BCUT2D eigenvalue weighted by molar-refractivity contribution is -0.133. The van der Waals surface area contributed by atoms with Gasteiger partial charge in [0, 0.05) is 11.1 Å². The van der Waals surface area contributed by atoms with E-state index in [1.165, 1.54) is 11.8 Å². The summed E-state index contributed by atoms with van der Waals surface area (Å²) < 4.78 is 0. The standard InChI is InChI=1S/C6H7NO2S/c1-4-2-10-3-5(7-4)6(8)9/h2-3,7H,1H3,(H,8,9). The van der Waals surface area contributed by atoms with Crippen molar-refractivity contribution in [1.29, 1.82) is 0 Å². The Hall–Kier alpha value is -0.900. The number of hydrogen-bond acceptors (Lipinski definition) is 3. The van der Waals surface area contributed by atoms with Crippen molar-refractivity contribution < 1.29 is 9.90 Å². The van der Waals surface area contributed by atoms with E-state index in [2.05, 4.69) is 5.32 Å². The fourth-order valence-electron chi connectivity index (χ4n) is 0.579. The smallest absolute Gasteiger partial charge is 0.352 e. The molecule has 10 heavy (non-hydrogen) atoms. The van der Waals surface area contributed by atoms with Crippen LogP contribution in [0.1, 0.15) is 6.92 Å². The van der Waals surface area contributed by atoms with Gasteiger partial charge in [-0.15, -0.1) is 11.8 Å². The minimum Gasteiger partial charge on any atom is -0.477 e. The van der Waals surface area contributed by atoms with Gasteiger partial charge in [0.25, 0.3) is 0 Å². The molecule has 0 amide bonds. The fourth-order valence-corrected chi connectivity index (χ4v) is 1.21. The predicted molar refractivity (Wildman–Crippen MR) is 40.2 cm³/mol. The molecule has 2 N–H and O–H groups in total. The van der Waals surface area contributed by atoms with Gasteiger partial charge in [0.1, 0.15) is 5.70 Å². The van der Waals surface area contributed by atoms with Gasteiger partial charge in [-0.05, 0) is 12.3 Å². The number of carbonyl (C=O) groups is 1. The largest absolute Gasteiger partial charge is 0.477 e. The first kappa shape index (κ1) is 7.21. The number of carboxylic acids is 1. The summed E-state index contributed by atoms with van der Waals surface area (Å²) in [4.78, 5) is 10.3. The summed E-state index contributed by atoms with van der Waals surface area (Å²) >= 11 is 1.37. The van der Waals surface area contributed by atoms with Crippen LogP contribution < -0.4 is 5.32 Å². The molecule has 4 heteroatoms. The van der Waals surface area contributed by atoms with Crippen LogP contribution in [0.25, 0.3) is 0 Å². The van der Waals surface area contributed by atoms with Gasteiger partial charge in [-0.25, -0.2) is 4.79 Å². The summed E-state index contributed by atoms with van der Waals surface area (Å²) in [6.07, 6.45) is 0. The molecule has 0 aromatic rings. The molecule has 1 aliphatic rings. The van der Waals surface area contributed by atoms with Crippen LogP contribution in [-0.4, -0.2) is 11.1 Å². The number of thioether (sulfide) groups is 1. The third-order valence-corrected chi connectivity index (χ3v) is 1.85. The molecule has 1 heterocycles. The van der Waals surface area contributed by atoms with E-state index in [9.17, 15) is 4.79 Å². The molecule has 0 bridgehead atoms. The van der Waals surface area contributed by atoms with Crippen molar-refractivity contribution in [2.45, 2.75) is 6.92 Å². The third-order valence-electron chi connectivity index (χ3n) is 0.993. The van der Waals surface area contributed by atoms with Crippen LogP contribution >= 0.6 is 11.8 Å². The van der Waals surface area contributed by atoms with E-state index in [1.807, 2.05) is 12.3 Å². The lowest BCUT2D eigenvalue weighted by atomic mass is 10.4. The molecular weight excluding hydrogens is 150 g/mol. The second-order valence-corrected chi connectivity index (χ2v) is 2.64.